The minimum Gasteiger partial charge on any atom is -0.0620 e. The van der Waals surface area contributed by atoms with E-state index in [1.54, 1.807) is 5.56 Å². The van der Waals surface area contributed by atoms with Gasteiger partial charge in [-0.3, -0.25) is 0 Å². The van der Waals surface area contributed by atoms with Crippen molar-refractivity contribution in [2.24, 2.45) is 0 Å². The molecule has 0 fully saturated rings. The smallest absolute Gasteiger partial charge is 0.0620 e. The normalized spacial score (nSPS) is 16.6. The molecule has 0 saturated heterocycles. The van der Waals surface area contributed by atoms with Crippen LogP contribution in [-0.4, -0.2) is 0 Å². The van der Waals surface area contributed by atoms with E-state index in [0.29, 0.717) is 0 Å². The van der Waals surface area contributed by atoms with Crippen LogP contribution in [0, 0.1) is 0 Å². The molecule has 0 saturated carbocycles. The number of fused-ring (bicyclic) bond motifs is 1. The molecule has 0 atom stereocenters. The third-order valence-electron chi connectivity index (χ3n) is 7.93. The van der Waals surface area contributed by atoms with Crippen molar-refractivity contribution in [3.63, 3.8) is 0 Å². The van der Waals surface area contributed by atoms with Gasteiger partial charge in [-0.2, -0.15) is 0 Å². The van der Waals surface area contributed by atoms with Gasteiger partial charge in [0.15, 0.2) is 0 Å². The van der Waals surface area contributed by atoms with Crippen molar-refractivity contribution < 1.29 is 0 Å². The van der Waals surface area contributed by atoms with Crippen molar-refractivity contribution in [2.45, 2.75) is 57.5 Å². The molecule has 0 bridgehead atoms. The topological polar surface area (TPSA) is 0 Å². The second-order valence-corrected chi connectivity index (χ2v) is 14.6. The fourth-order valence-electron chi connectivity index (χ4n) is 5.78. The van der Waals surface area contributed by atoms with Crippen molar-refractivity contribution in [2.75, 3.05) is 0 Å². The van der Waals surface area contributed by atoms with E-state index in [9.17, 15) is 0 Å². The number of hydrogen-bond donors (Lipinski definition) is 0. The van der Waals surface area contributed by atoms with Gasteiger partial charge in [-0.05, 0) is 76.8 Å². The van der Waals surface area contributed by atoms with Crippen LogP contribution in [-0.2, 0) is 17.0 Å². The van der Waals surface area contributed by atoms with Crippen LogP contribution in [0.2, 0.25) is 0 Å². The van der Waals surface area contributed by atoms with Crippen LogP contribution in [0.1, 0.15) is 57.2 Å². The molecular weight excluding hydrogens is 427 g/mol. The molecule has 0 nitrogen and oxygen atoms in total. The van der Waals surface area contributed by atoms with Gasteiger partial charge in [-0.25, -0.2) is 0 Å². The van der Waals surface area contributed by atoms with Gasteiger partial charge in [-0.1, -0.05) is 100 Å². The van der Waals surface area contributed by atoms with Crippen molar-refractivity contribution in [1.29, 1.82) is 0 Å². The molecular formula is C33H36P+. The monoisotopic (exact) mass is 463 g/mol. The van der Waals surface area contributed by atoms with E-state index in [1.165, 1.54) is 39.9 Å². The molecule has 1 aliphatic rings. The highest BCUT2D eigenvalue weighted by atomic mass is 31.2. The number of hydrogen-bond acceptors (Lipinski definition) is 0. The van der Waals surface area contributed by atoms with E-state index >= 15 is 0 Å². The Kier molecular flexibility index (Phi) is 5.99. The number of benzene rings is 4. The standard InChI is InChI=1S/C33H36P/c1-32(2)22-23-33(3,4)31-24-26(20-21-30(31)32)25-34(27-14-8-5-9-15-27,28-16-10-6-11-17-28)29-18-12-7-13-19-29/h5-21,24H,22-23,25H2,1-4H3/q+1. The van der Waals surface area contributed by atoms with E-state index in [1.807, 2.05) is 0 Å². The van der Waals surface area contributed by atoms with Crippen molar-refractivity contribution in [3.8, 4) is 0 Å². The summed E-state index contributed by atoms with van der Waals surface area (Å²) in [7, 11) is -1.89. The maximum atomic E-state index is 2.56. The summed E-state index contributed by atoms with van der Waals surface area (Å²) in [6, 6.07) is 41.1. The van der Waals surface area contributed by atoms with Crippen LogP contribution in [0.15, 0.2) is 109 Å². The summed E-state index contributed by atoms with van der Waals surface area (Å²) in [6.45, 7) is 9.68. The van der Waals surface area contributed by atoms with Gasteiger partial charge in [0, 0.05) is 0 Å². The lowest BCUT2D eigenvalue weighted by atomic mass is 9.63. The van der Waals surface area contributed by atoms with Crippen LogP contribution in [0.4, 0.5) is 0 Å². The van der Waals surface area contributed by atoms with Crippen molar-refractivity contribution in [3.05, 3.63) is 126 Å². The molecule has 0 heterocycles. The Morgan fingerprint density at radius 1 is 0.529 bits per heavy atom. The summed E-state index contributed by atoms with van der Waals surface area (Å²) in [5.41, 5.74) is 5.00. The Morgan fingerprint density at radius 2 is 0.941 bits per heavy atom. The number of rotatable bonds is 5. The van der Waals surface area contributed by atoms with E-state index in [-0.39, 0.29) is 10.8 Å². The summed E-state index contributed by atoms with van der Waals surface area (Å²) in [5, 5.41) is 4.35. The van der Waals surface area contributed by atoms with E-state index < -0.39 is 7.26 Å². The summed E-state index contributed by atoms with van der Waals surface area (Å²) >= 11 is 0. The van der Waals surface area contributed by atoms with E-state index in [2.05, 4.69) is 137 Å². The second kappa shape index (κ2) is 8.83. The van der Waals surface area contributed by atoms with E-state index in [0.717, 1.165) is 6.16 Å². The lowest BCUT2D eigenvalue weighted by molar-refractivity contribution is 0.331. The average Bonchev–Trinajstić information content (AvgIpc) is 2.87. The Morgan fingerprint density at radius 3 is 1.38 bits per heavy atom. The fourth-order valence-corrected chi connectivity index (χ4v) is 10.0. The maximum absolute atomic E-state index is 2.56. The zero-order chi connectivity index (χ0) is 23.8. The van der Waals surface area contributed by atoms with E-state index in [4.69, 9.17) is 0 Å². The predicted octanol–water partition coefficient (Wildman–Crippen LogP) is 7.53. The summed E-state index contributed by atoms with van der Waals surface area (Å²) < 4.78 is 0. The second-order valence-electron chi connectivity index (χ2n) is 11.1. The molecule has 0 radical (unpaired) electrons. The van der Waals surface area contributed by atoms with Crippen LogP contribution in [0.25, 0.3) is 0 Å². The van der Waals surface area contributed by atoms with Crippen molar-refractivity contribution >= 4 is 23.2 Å². The zero-order valence-electron chi connectivity index (χ0n) is 21.0. The Balaban J connectivity index is 1.74. The molecule has 0 aliphatic heterocycles. The summed E-state index contributed by atoms with van der Waals surface area (Å²) in [5.74, 6) is 0. The molecule has 0 amide bonds. The quantitative estimate of drug-likeness (QED) is 0.268. The van der Waals surface area contributed by atoms with Crippen molar-refractivity contribution in [1.82, 2.24) is 0 Å². The third kappa shape index (κ3) is 4.03. The average molecular weight is 464 g/mol. The largest absolute Gasteiger partial charge is 0.116 e. The summed E-state index contributed by atoms with van der Waals surface area (Å²) in [6.07, 6.45) is 3.53. The molecule has 0 spiro atoms. The first-order chi connectivity index (χ1) is 16.3. The Hall–Kier alpha value is -2.69. The third-order valence-corrected chi connectivity index (χ3v) is 12.3. The molecule has 1 heteroatoms. The molecule has 34 heavy (non-hydrogen) atoms. The lowest BCUT2D eigenvalue weighted by Gasteiger charge is -2.42. The van der Waals surface area contributed by atoms with Gasteiger partial charge in [0.1, 0.15) is 23.2 Å². The molecule has 0 aromatic heterocycles. The molecule has 4 aromatic carbocycles. The maximum Gasteiger partial charge on any atom is 0.116 e. The SMILES string of the molecule is CC1(C)CCC(C)(C)c2cc(C[P+](c3ccccc3)(c3ccccc3)c3ccccc3)ccc21. The van der Waals surface area contributed by atoms with Crippen LogP contribution in [0.3, 0.4) is 0 Å². The van der Waals surface area contributed by atoms with Gasteiger partial charge in [0.2, 0.25) is 0 Å². The first kappa shape index (κ1) is 23.1. The molecule has 0 N–H and O–H groups in total. The van der Waals surface area contributed by atoms with Gasteiger partial charge in [-0.15, -0.1) is 0 Å². The molecule has 172 valence electrons. The highest BCUT2D eigenvalue weighted by Crippen LogP contribution is 2.58. The minimum absolute atomic E-state index is 0.216. The first-order valence-corrected chi connectivity index (χ1v) is 14.5. The fraction of sp³-hybridized carbons (Fsp3) is 0.273. The highest BCUT2D eigenvalue weighted by Gasteiger charge is 2.46. The van der Waals surface area contributed by atoms with Gasteiger partial charge < -0.3 is 0 Å². The van der Waals surface area contributed by atoms with Crippen LogP contribution >= 0.6 is 7.26 Å². The van der Waals surface area contributed by atoms with Crippen LogP contribution < -0.4 is 15.9 Å². The molecule has 0 unspecified atom stereocenters. The van der Waals surface area contributed by atoms with Gasteiger partial charge in [0.25, 0.3) is 0 Å². The Labute approximate surface area is 206 Å². The zero-order valence-corrected chi connectivity index (χ0v) is 21.9. The van der Waals surface area contributed by atoms with Gasteiger partial charge >= 0.3 is 0 Å². The Bertz CT molecular complexity index is 1160. The van der Waals surface area contributed by atoms with Crippen LogP contribution in [0.5, 0.6) is 0 Å². The highest BCUT2D eigenvalue weighted by molar-refractivity contribution is 7.95. The molecule has 5 rings (SSSR count). The minimum atomic E-state index is -1.89. The molecule has 4 aromatic rings. The first-order valence-electron chi connectivity index (χ1n) is 12.5. The lowest BCUT2D eigenvalue weighted by Crippen LogP contribution is -2.34. The summed E-state index contributed by atoms with van der Waals surface area (Å²) in [4.78, 5) is 0. The van der Waals surface area contributed by atoms with Gasteiger partial charge in [0.05, 0.1) is 6.16 Å². The molecule has 1 aliphatic carbocycles. The predicted molar refractivity (Wildman–Crippen MR) is 151 cm³/mol.